The molecule has 0 fully saturated rings. The highest BCUT2D eigenvalue weighted by atomic mass is 79.9. The first-order chi connectivity index (χ1) is 7.08. The number of ether oxygens (including phenoxy) is 1. The zero-order chi connectivity index (χ0) is 11.0. The van der Waals surface area contributed by atoms with Gasteiger partial charge in [0.2, 0.25) is 0 Å². The number of halogens is 2. The van der Waals surface area contributed by atoms with E-state index in [1.807, 2.05) is 12.1 Å². The van der Waals surface area contributed by atoms with Crippen LogP contribution in [0.25, 0.3) is 0 Å². The lowest BCUT2D eigenvalue weighted by molar-refractivity contribution is -0.143. The Morgan fingerprint density at radius 2 is 2.20 bits per heavy atom. The number of hydrogen-bond donors (Lipinski definition) is 1. The Labute approximate surface area is 104 Å². The third-order valence-corrected chi connectivity index (χ3v) is 3.38. The lowest BCUT2D eigenvalue weighted by Crippen LogP contribution is -2.28. The number of rotatable bonds is 1. The summed E-state index contributed by atoms with van der Waals surface area (Å²) < 4.78 is 7.21. The molecular weight excluding hydrogens is 328 g/mol. The van der Waals surface area contributed by atoms with Crippen molar-refractivity contribution in [1.29, 1.82) is 0 Å². The van der Waals surface area contributed by atoms with Gasteiger partial charge in [0.25, 0.3) is 0 Å². The van der Waals surface area contributed by atoms with Gasteiger partial charge in [0, 0.05) is 4.47 Å². The SMILES string of the molecule is O=C(O)C1COc2c(Br)cc(Br)cc2C1. The molecule has 5 heteroatoms. The van der Waals surface area contributed by atoms with E-state index in [9.17, 15) is 4.79 Å². The van der Waals surface area contributed by atoms with Gasteiger partial charge in [0.05, 0.1) is 10.4 Å². The minimum atomic E-state index is -0.809. The number of carboxylic acids is 1. The maximum Gasteiger partial charge on any atom is 0.310 e. The Morgan fingerprint density at radius 3 is 2.87 bits per heavy atom. The van der Waals surface area contributed by atoms with Crippen molar-refractivity contribution in [2.24, 2.45) is 5.92 Å². The summed E-state index contributed by atoms with van der Waals surface area (Å²) in [6.45, 7) is 0.239. The van der Waals surface area contributed by atoms with Crippen LogP contribution in [-0.2, 0) is 11.2 Å². The Morgan fingerprint density at radius 1 is 1.47 bits per heavy atom. The maximum atomic E-state index is 10.8. The molecule has 1 unspecified atom stereocenters. The Balaban J connectivity index is 2.37. The van der Waals surface area contributed by atoms with Crippen molar-refractivity contribution in [3.05, 3.63) is 26.6 Å². The number of hydrogen-bond acceptors (Lipinski definition) is 2. The first kappa shape index (κ1) is 11.0. The molecule has 0 radical (unpaired) electrons. The van der Waals surface area contributed by atoms with Gasteiger partial charge in [0.15, 0.2) is 0 Å². The average Bonchev–Trinajstić information content (AvgIpc) is 2.16. The van der Waals surface area contributed by atoms with Crippen LogP contribution in [0, 0.1) is 5.92 Å². The molecule has 1 aromatic rings. The minimum Gasteiger partial charge on any atom is -0.491 e. The molecule has 0 aliphatic carbocycles. The van der Waals surface area contributed by atoms with E-state index in [0.717, 1.165) is 20.3 Å². The molecule has 1 aromatic carbocycles. The molecule has 15 heavy (non-hydrogen) atoms. The molecule has 1 aliphatic rings. The van der Waals surface area contributed by atoms with E-state index in [-0.39, 0.29) is 6.61 Å². The van der Waals surface area contributed by atoms with E-state index in [1.165, 1.54) is 0 Å². The molecule has 0 bridgehead atoms. The fraction of sp³-hybridized carbons (Fsp3) is 0.300. The monoisotopic (exact) mass is 334 g/mol. The van der Waals surface area contributed by atoms with Crippen LogP contribution in [0.5, 0.6) is 5.75 Å². The van der Waals surface area contributed by atoms with Gasteiger partial charge in [-0.25, -0.2) is 0 Å². The predicted molar refractivity (Wildman–Crippen MR) is 62.2 cm³/mol. The molecule has 80 valence electrons. The van der Waals surface area contributed by atoms with Gasteiger partial charge < -0.3 is 9.84 Å². The van der Waals surface area contributed by atoms with Gasteiger partial charge in [-0.2, -0.15) is 0 Å². The lowest BCUT2D eigenvalue weighted by atomic mass is 9.97. The molecule has 0 amide bonds. The van der Waals surface area contributed by atoms with E-state index in [0.29, 0.717) is 6.42 Å². The molecule has 0 saturated heterocycles. The van der Waals surface area contributed by atoms with E-state index < -0.39 is 11.9 Å². The van der Waals surface area contributed by atoms with Crippen LogP contribution in [0.4, 0.5) is 0 Å². The summed E-state index contributed by atoms with van der Waals surface area (Å²) >= 11 is 6.75. The highest BCUT2D eigenvalue weighted by Crippen LogP contribution is 2.37. The fourth-order valence-electron chi connectivity index (χ4n) is 1.59. The molecular formula is C10H8Br2O3. The molecule has 1 N–H and O–H groups in total. The van der Waals surface area contributed by atoms with Crippen molar-refractivity contribution in [2.45, 2.75) is 6.42 Å². The number of fused-ring (bicyclic) bond motifs is 1. The largest absolute Gasteiger partial charge is 0.491 e. The molecule has 0 spiro atoms. The molecule has 1 aliphatic heterocycles. The van der Waals surface area contributed by atoms with E-state index in [4.69, 9.17) is 9.84 Å². The minimum absolute atomic E-state index is 0.239. The molecule has 3 nitrogen and oxygen atoms in total. The van der Waals surface area contributed by atoms with Gasteiger partial charge in [-0.3, -0.25) is 4.79 Å². The van der Waals surface area contributed by atoms with Crippen LogP contribution >= 0.6 is 31.9 Å². The van der Waals surface area contributed by atoms with Crippen LogP contribution < -0.4 is 4.74 Å². The van der Waals surface area contributed by atoms with Crippen LogP contribution in [-0.4, -0.2) is 17.7 Å². The van der Waals surface area contributed by atoms with Crippen molar-refractivity contribution in [1.82, 2.24) is 0 Å². The van der Waals surface area contributed by atoms with E-state index in [1.54, 1.807) is 0 Å². The van der Waals surface area contributed by atoms with E-state index in [2.05, 4.69) is 31.9 Å². The summed E-state index contributed by atoms with van der Waals surface area (Å²) in [5.41, 5.74) is 0.926. The number of benzene rings is 1. The number of carboxylic acid groups (broad SMARTS) is 1. The quantitative estimate of drug-likeness (QED) is 0.858. The topological polar surface area (TPSA) is 46.5 Å². The Kier molecular flexibility index (Phi) is 3.02. The summed E-state index contributed by atoms with van der Waals surface area (Å²) in [7, 11) is 0. The zero-order valence-electron chi connectivity index (χ0n) is 7.67. The molecule has 1 heterocycles. The maximum absolute atomic E-state index is 10.8. The Hall–Kier alpha value is -0.550. The lowest BCUT2D eigenvalue weighted by Gasteiger charge is -2.23. The standard InChI is InChI=1S/C10H8Br2O3/c11-7-2-5-1-6(10(13)14)4-15-9(5)8(12)3-7/h2-3,6H,1,4H2,(H,13,14). The van der Waals surface area contributed by atoms with Gasteiger partial charge in [-0.15, -0.1) is 0 Å². The zero-order valence-corrected chi connectivity index (χ0v) is 10.8. The van der Waals surface area contributed by atoms with Crippen LogP contribution in [0.2, 0.25) is 0 Å². The summed E-state index contributed by atoms with van der Waals surface area (Å²) in [5, 5.41) is 8.90. The third kappa shape index (κ3) is 2.18. The van der Waals surface area contributed by atoms with Gasteiger partial charge in [-0.05, 0) is 40.0 Å². The predicted octanol–water partition coefficient (Wildman–Crippen LogP) is 2.85. The highest BCUT2D eigenvalue weighted by molar-refractivity contribution is 9.11. The number of aliphatic carboxylic acids is 1. The second-order valence-corrected chi connectivity index (χ2v) is 5.20. The van der Waals surface area contributed by atoms with Gasteiger partial charge in [0.1, 0.15) is 12.4 Å². The van der Waals surface area contributed by atoms with Crippen molar-refractivity contribution in [3.8, 4) is 5.75 Å². The fourth-order valence-corrected chi connectivity index (χ4v) is 3.02. The van der Waals surface area contributed by atoms with Crippen molar-refractivity contribution in [2.75, 3.05) is 6.61 Å². The molecule has 0 aromatic heterocycles. The van der Waals surface area contributed by atoms with Crippen molar-refractivity contribution < 1.29 is 14.6 Å². The average molecular weight is 336 g/mol. The van der Waals surface area contributed by atoms with Crippen molar-refractivity contribution >= 4 is 37.8 Å². The van der Waals surface area contributed by atoms with E-state index >= 15 is 0 Å². The smallest absolute Gasteiger partial charge is 0.310 e. The molecule has 2 rings (SSSR count). The second-order valence-electron chi connectivity index (χ2n) is 3.43. The normalized spacial score (nSPS) is 19.2. The molecule has 1 atom stereocenters. The summed E-state index contributed by atoms with van der Waals surface area (Å²) in [6.07, 6.45) is 0.517. The van der Waals surface area contributed by atoms with Gasteiger partial charge in [-0.1, -0.05) is 15.9 Å². The first-order valence-electron chi connectivity index (χ1n) is 4.41. The van der Waals surface area contributed by atoms with Gasteiger partial charge >= 0.3 is 5.97 Å². The number of carbonyl (C=O) groups is 1. The van der Waals surface area contributed by atoms with Crippen LogP contribution in [0.3, 0.4) is 0 Å². The Bertz CT molecular complexity index is 417. The second kappa shape index (κ2) is 4.14. The van der Waals surface area contributed by atoms with Crippen molar-refractivity contribution in [3.63, 3.8) is 0 Å². The molecule has 0 saturated carbocycles. The summed E-state index contributed by atoms with van der Waals surface area (Å²) in [5.74, 6) is -0.494. The van der Waals surface area contributed by atoms with Crippen LogP contribution in [0.15, 0.2) is 21.1 Å². The third-order valence-electron chi connectivity index (χ3n) is 2.33. The first-order valence-corrected chi connectivity index (χ1v) is 6.00. The highest BCUT2D eigenvalue weighted by Gasteiger charge is 2.27. The van der Waals surface area contributed by atoms with Crippen LogP contribution in [0.1, 0.15) is 5.56 Å². The summed E-state index contributed by atoms with van der Waals surface area (Å²) in [6, 6.07) is 3.79. The summed E-state index contributed by atoms with van der Waals surface area (Å²) in [4.78, 5) is 10.8.